The molecule has 4 nitrogen and oxygen atoms in total. The van der Waals surface area contributed by atoms with Crippen molar-refractivity contribution in [3.63, 3.8) is 0 Å². The Balaban J connectivity index is 2.55. The molecule has 0 saturated heterocycles. The van der Waals surface area contributed by atoms with Gasteiger partial charge in [-0.3, -0.25) is 4.89 Å². The van der Waals surface area contributed by atoms with Crippen molar-refractivity contribution in [3.8, 4) is 0 Å². The van der Waals surface area contributed by atoms with E-state index in [0.717, 1.165) is 11.3 Å². The Labute approximate surface area is 86.7 Å². The highest BCUT2D eigenvalue weighted by Gasteiger charge is 2.02. The van der Waals surface area contributed by atoms with Crippen molar-refractivity contribution in [3.05, 3.63) is 28.5 Å². The molecule has 1 aromatic heterocycles. The van der Waals surface area contributed by atoms with E-state index < -0.39 is 5.97 Å². The lowest BCUT2D eigenvalue weighted by molar-refractivity contribution is -0.277. The van der Waals surface area contributed by atoms with Crippen molar-refractivity contribution in [1.82, 2.24) is 4.98 Å². The molecule has 0 aliphatic heterocycles. The van der Waals surface area contributed by atoms with Gasteiger partial charge in [-0.15, -0.1) is 0 Å². The Hall–Kier alpha value is -1.13. The second-order valence-electron chi connectivity index (χ2n) is 2.72. The van der Waals surface area contributed by atoms with Crippen LogP contribution in [0.1, 0.15) is 18.2 Å². The number of hydrogen-bond donors (Lipinski definition) is 0. The van der Waals surface area contributed by atoms with Gasteiger partial charge >= 0.3 is 5.97 Å². The summed E-state index contributed by atoms with van der Waals surface area (Å²) in [6.45, 7) is 3.25. The first-order valence-corrected chi connectivity index (χ1v) is 4.39. The normalized spacial score (nSPS) is 9.93. The van der Waals surface area contributed by atoms with Crippen LogP contribution in [0, 0.1) is 6.92 Å². The first kappa shape index (κ1) is 10.9. The van der Waals surface area contributed by atoms with Crippen molar-refractivity contribution >= 4 is 17.6 Å². The zero-order valence-corrected chi connectivity index (χ0v) is 8.67. The molecule has 1 rings (SSSR count). The number of aryl methyl sites for hydroxylation is 1. The lowest BCUT2D eigenvalue weighted by Gasteiger charge is -2.04. The molecule has 0 N–H and O–H groups in total. The van der Waals surface area contributed by atoms with Gasteiger partial charge in [0.05, 0.1) is 0 Å². The van der Waals surface area contributed by atoms with Gasteiger partial charge in [0.15, 0.2) is 0 Å². The molecule has 0 unspecified atom stereocenters. The van der Waals surface area contributed by atoms with Crippen LogP contribution in [0.25, 0.3) is 0 Å². The summed E-state index contributed by atoms with van der Waals surface area (Å²) in [5.74, 6) is -0.482. The SMILES string of the molecule is CC(=O)OOCc1ccc(Cl)nc1C. The molecule has 1 aromatic rings. The number of rotatable bonds is 3. The van der Waals surface area contributed by atoms with Crippen LogP contribution >= 0.6 is 11.6 Å². The predicted octanol–water partition coefficient (Wildman–Crippen LogP) is 2.04. The quantitative estimate of drug-likeness (QED) is 0.440. The summed E-state index contributed by atoms with van der Waals surface area (Å²) in [5, 5.41) is 0.429. The average molecular weight is 216 g/mol. The number of halogens is 1. The van der Waals surface area contributed by atoms with E-state index in [1.54, 1.807) is 19.1 Å². The maximum absolute atomic E-state index is 10.4. The van der Waals surface area contributed by atoms with Crippen LogP contribution in [0.5, 0.6) is 0 Å². The molecule has 0 spiro atoms. The zero-order chi connectivity index (χ0) is 10.6. The number of aromatic nitrogens is 1. The van der Waals surface area contributed by atoms with Gasteiger partial charge < -0.3 is 0 Å². The minimum atomic E-state index is -0.482. The molecule has 0 bridgehead atoms. The molecule has 0 aliphatic carbocycles. The second-order valence-corrected chi connectivity index (χ2v) is 3.10. The fraction of sp³-hybridized carbons (Fsp3) is 0.333. The van der Waals surface area contributed by atoms with E-state index in [-0.39, 0.29) is 6.61 Å². The summed E-state index contributed by atoms with van der Waals surface area (Å²) in [7, 11) is 0. The third-order valence-electron chi connectivity index (χ3n) is 1.55. The highest BCUT2D eigenvalue weighted by molar-refractivity contribution is 6.29. The zero-order valence-electron chi connectivity index (χ0n) is 7.91. The van der Waals surface area contributed by atoms with Crippen LogP contribution in [-0.2, 0) is 21.2 Å². The van der Waals surface area contributed by atoms with E-state index in [1.165, 1.54) is 6.92 Å². The molecular formula is C9H10ClNO3. The van der Waals surface area contributed by atoms with Gasteiger partial charge in [-0.25, -0.2) is 9.78 Å². The molecule has 0 amide bonds. The van der Waals surface area contributed by atoms with Crippen molar-refractivity contribution < 1.29 is 14.6 Å². The molecule has 0 fully saturated rings. The second kappa shape index (κ2) is 4.93. The largest absolute Gasteiger partial charge is 0.339 e. The highest BCUT2D eigenvalue weighted by Crippen LogP contribution is 2.11. The maximum atomic E-state index is 10.4. The summed E-state index contributed by atoms with van der Waals surface area (Å²) in [4.78, 5) is 23.4. The Morgan fingerprint density at radius 2 is 2.29 bits per heavy atom. The molecule has 0 saturated carbocycles. The summed E-state index contributed by atoms with van der Waals surface area (Å²) < 4.78 is 0. The third-order valence-corrected chi connectivity index (χ3v) is 1.76. The van der Waals surface area contributed by atoms with E-state index in [9.17, 15) is 4.79 Å². The molecule has 0 aromatic carbocycles. The summed E-state index contributed by atoms with van der Waals surface area (Å²) in [5.41, 5.74) is 1.58. The number of carbonyl (C=O) groups excluding carboxylic acids is 1. The topological polar surface area (TPSA) is 48.4 Å². The summed E-state index contributed by atoms with van der Waals surface area (Å²) in [6, 6.07) is 3.43. The Kier molecular flexibility index (Phi) is 3.85. The Morgan fingerprint density at radius 3 is 2.86 bits per heavy atom. The number of carbonyl (C=O) groups is 1. The fourth-order valence-corrected chi connectivity index (χ4v) is 1.08. The van der Waals surface area contributed by atoms with Crippen LogP contribution in [0.15, 0.2) is 12.1 Å². The monoisotopic (exact) mass is 215 g/mol. The van der Waals surface area contributed by atoms with Gasteiger partial charge in [0.1, 0.15) is 11.8 Å². The van der Waals surface area contributed by atoms with E-state index in [0.29, 0.717) is 5.15 Å². The Morgan fingerprint density at radius 1 is 1.57 bits per heavy atom. The summed E-state index contributed by atoms with van der Waals surface area (Å²) in [6.07, 6.45) is 0. The molecule has 5 heteroatoms. The van der Waals surface area contributed by atoms with Gasteiger partial charge in [0, 0.05) is 18.2 Å². The smallest absolute Gasteiger partial charge is 0.298 e. The highest BCUT2D eigenvalue weighted by atomic mass is 35.5. The molecule has 76 valence electrons. The van der Waals surface area contributed by atoms with Crippen molar-refractivity contribution in [2.24, 2.45) is 0 Å². The lowest BCUT2D eigenvalue weighted by Crippen LogP contribution is -2.02. The Bertz CT molecular complexity index is 341. The molecule has 0 atom stereocenters. The van der Waals surface area contributed by atoms with Crippen molar-refractivity contribution in [2.45, 2.75) is 20.5 Å². The van der Waals surface area contributed by atoms with Crippen LogP contribution in [0.4, 0.5) is 0 Å². The maximum Gasteiger partial charge on any atom is 0.339 e. The van der Waals surface area contributed by atoms with Crippen molar-refractivity contribution in [1.29, 1.82) is 0 Å². The lowest BCUT2D eigenvalue weighted by atomic mass is 10.2. The van der Waals surface area contributed by atoms with Crippen LogP contribution < -0.4 is 0 Å². The summed E-state index contributed by atoms with van der Waals surface area (Å²) >= 11 is 5.66. The molecule has 0 radical (unpaired) electrons. The van der Waals surface area contributed by atoms with E-state index in [4.69, 9.17) is 11.6 Å². The number of hydrogen-bond acceptors (Lipinski definition) is 4. The third kappa shape index (κ3) is 3.32. The van der Waals surface area contributed by atoms with Gasteiger partial charge in [-0.05, 0) is 13.0 Å². The molecule has 14 heavy (non-hydrogen) atoms. The average Bonchev–Trinajstić information content (AvgIpc) is 2.08. The number of nitrogens with zero attached hydrogens (tertiary/aromatic N) is 1. The van der Waals surface area contributed by atoms with Gasteiger partial charge in [0.2, 0.25) is 0 Å². The van der Waals surface area contributed by atoms with Crippen LogP contribution in [0.2, 0.25) is 5.15 Å². The minimum Gasteiger partial charge on any atom is -0.298 e. The molecule has 0 aliphatic rings. The fourth-order valence-electron chi connectivity index (χ4n) is 0.888. The number of pyridine rings is 1. The predicted molar refractivity (Wildman–Crippen MR) is 50.5 cm³/mol. The van der Waals surface area contributed by atoms with E-state index in [1.807, 2.05) is 0 Å². The van der Waals surface area contributed by atoms with Crippen LogP contribution in [0.3, 0.4) is 0 Å². The minimum absolute atomic E-state index is 0.176. The van der Waals surface area contributed by atoms with Gasteiger partial charge in [-0.2, -0.15) is 4.89 Å². The molecule has 1 heterocycles. The van der Waals surface area contributed by atoms with Crippen molar-refractivity contribution in [2.75, 3.05) is 0 Å². The van der Waals surface area contributed by atoms with E-state index in [2.05, 4.69) is 14.8 Å². The first-order chi connectivity index (χ1) is 6.59. The van der Waals surface area contributed by atoms with Gasteiger partial charge in [-0.1, -0.05) is 17.7 Å². The van der Waals surface area contributed by atoms with E-state index >= 15 is 0 Å². The van der Waals surface area contributed by atoms with Crippen LogP contribution in [-0.4, -0.2) is 11.0 Å². The standard InChI is InChI=1S/C9H10ClNO3/c1-6-8(3-4-9(10)11-6)5-13-14-7(2)12/h3-4H,5H2,1-2H3. The van der Waals surface area contributed by atoms with Gasteiger partial charge in [0.25, 0.3) is 0 Å². The first-order valence-electron chi connectivity index (χ1n) is 4.01. The molecular weight excluding hydrogens is 206 g/mol.